The third kappa shape index (κ3) is 3.19. The van der Waals surface area contributed by atoms with Crippen LogP contribution in [0.2, 0.25) is 0 Å². The number of benzene rings is 1. The Morgan fingerprint density at radius 1 is 1.42 bits per heavy atom. The van der Waals surface area contributed by atoms with Crippen LogP contribution in [0.5, 0.6) is 11.5 Å². The van der Waals surface area contributed by atoms with E-state index in [-0.39, 0.29) is 23.0 Å². The molecular formula is C12H9BrFN3O2. The Morgan fingerprint density at radius 3 is 2.89 bits per heavy atom. The van der Waals surface area contributed by atoms with Crippen LogP contribution in [0.3, 0.4) is 0 Å². The van der Waals surface area contributed by atoms with Gasteiger partial charge < -0.3 is 15.7 Å². The first-order valence-electron chi connectivity index (χ1n) is 5.17. The molecule has 3 N–H and O–H groups in total. The molecule has 0 atom stereocenters. The number of aromatic nitrogens is 1. The molecule has 1 heterocycles. The number of oxime groups is 1. The lowest BCUT2D eigenvalue weighted by molar-refractivity contribution is 0.318. The van der Waals surface area contributed by atoms with E-state index in [0.29, 0.717) is 4.47 Å². The molecule has 1 aromatic heterocycles. The minimum atomic E-state index is -0.446. The molecule has 0 aliphatic carbocycles. The molecule has 5 nitrogen and oxygen atoms in total. The summed E-state index contributed by atoms with van der Waals surface area (Å²) in [5.74, 6) is -0.105. The van der Waals surface area contributed by atoms with Gasteiger partial charge in [0.2, 0.25) is 0 Å². The summed E-state index contributed by atoms with van der Waals surface area (Å²) < 4.78 is 19.3. The molecule has 1 aromatic carbocycles. The number of ether oxygens (including phenoxy) is 1. The molecule has 7 heteroatoms. The molecular weight excluding hydrogens is 317 g/mol. The minimum Gasteiger partial charge on any atom is -0.455 e. The molecule has 0 bridgehead atoms. The predicted octanol–water partition coefficient (Wildman–Crippen LogP) is 2.87. The van der Waals surface area contributed by atoms with Crippen LogP contribution in [0.15, 0.2) is 46.2 Å². The summed E-state index contributed by atoms with van der Waals surface area (Å²) in [4.78, 5) is 3.94. The summed E-state index contributed by atoms with van der Waals surface area (Å²) in [6.45, 7) is 0. The lowest BCUT2D eigenvalue weighted by Gasteiger charge is -2.09. The topological polar surface area (TPSA) is 80.7 Å². The van der Waals surface area contributed by atoms with Gasteiger partial charge in [-0.05, 0) is 24.3 Å². The fourth-order valence-electron chi connectivity index (χ4n) is 1.43. The lowest BCUT2D eigenvalue weighted by atomic mass is 10.3. The van der Waals surface area contributed by atoms with Crippen LogP contribution >= 0.6 is 15.9 Å². The molecule has 0 radical (unpaired) electrons. The zero-order chi connectivity index (χ0) is 13.8. The normalized spacial score (nSPS) is 11.4. The van der Waals surface area contributed by atoms with Crippen LogP contribution in [0.4, 0.5) is 4.39 Å². The molecule has 0 aliphatic rings. The van der Waals surface area contributed by atoms with Crippen molar-refractivity contribution >= 4 is 21.8 Å². The van der Waals surface area contributed by atoms with E-state index in [4.69, 9.17) is 15.7 Å². The van der Waals surface area contributed by atoms with Gasteiger partial charge in [0.05, 0.1) is 0 Å². The van der Waals surface area contributed by atoms with E-state index < -0.39 is 5.82 Å². The van der Waals surface area contributed by atoms with Crippen LogP contribution in [0.25, 0.3) is 0 Å². The van der Waals surface area contributed by atoms with Gasteiger partial charge >= 0.3 is 0 Å². The summed E-state index contributed by atoms with van der Waals surface area (Å²) >= 11 is 3.16. The van der Waals surface area contributed by atoms with Crippen LogP contribution in [0.1, 0.15) is 5.69 Å². The molecule has 98 valence electrons. The number of hydrogen-bond donors (Lipinski definition) is 2. The fraction of sp³-hybridized carbons (Fsp3) is 0. The summed E-state index contributed by atoms with van der Waals surface area (Å²) in [5.41, 5.74) is 5.65. The van der Waals surface area contributed by atoms with Crippen molar-refractivity contribution in [3.63, 3.8) is 0 Å². The number of rotatable bonds is 3. The van der Waals surface area contributed by atoms with Crippen molar-refractivity contribution in [3.8, 4) is 11.5 Å². The van der Waals surface area contributed by atoms with Gasteiger partial charge in [0.15, 0.2) is 17.3 Å². The summed E-state index contributed by atoms with van der Waals surface area (Å²) in [6, 6.07) is 7.32. The van der Waals surface area contributed by atoms with Crippen LogP contribution in [-0.4, -0.2) is 16.0 Å². The van der Waals surface area contributed by atoms with E-state index in [1.54, 1.807) is 18.2 Å². The first-order valence-corrected chi connectivity index (χ1v) is 5.96. The Hall–Kier alpha value is -2.15. The highest BCUT2D eigenvalue weighted by Gasteiger charge is 2.11. The maximum absolute atomic E-state index is 13.2. The van der Waals surface area contributed by atoms with E-state index in [0.717, 1.165) is 0 Å². The van der Waals surface area contributed by atoms with E-state index >= 15 is 0 Å². The van der Waals surface area contributed by atoms with Crippen LogP contribution in [-0.2, 0) is 0 Å². The number of halogens is 2. The Balaban J connectivity index is 2.38. The largest absolute Gasteiger partial charge is 0.455 e. The number of nitrogens with two attached hydrogens (primary N) is 1. The Morgan fingerprint density at radius 2 is 2.21 bits per heavy atom. The first-order chi connectivity index (χ1) is 9.10. The van der Waals surface area contributed by atoms with Crippen molar-refractivity contribution in [1.29, 1.82) is 0 Å². The van der Waals surface area contributed by atoms with Crippen LogP contribution in [0, 0.1) is 5.82 Å². The second kappa shape index (κ2) is 5.66. The molecule has 0 aliphatic heterocycles. The van der Waals surface area contributed by atoms with Crippen LogP contribution < -0.4 is 10.5 Å². The number of amidine groups is 1. The Labute approximate surface area is 116 Å². The number of pyridine rings is 1. The van der Waals surface area contributed by atoms with E-state index in [2.05, 4.69) is 26.1 Å². The van der Waals surface area contributed by atoms with Gasteiger partial charge in [0, 0.05) is 16.7 Å². The van der Waals surface area contributed by atoms with Gasteiger partial charge in [-0.3, -0.25) is 0 Å². The monoisotopic (exact) mass is 325 g/mol. The highest BCUT2D eigenvalue weighted by Crippen LogP contribution is 2.27. The maximum atomic E-state index is 13.2. The quantitative estimate of drug-likeness (QED) is 0.393. The van der Waals surface area contributed by atoms with Gasteiger partial charge in [0.1, 0.15) is 11.6 Å². The average molecular weight is 326 g/mol. The van der Waals surface area contributed by atoms with Gasteiger partial charge in [-0.1, -0.05) is 21.1 Å². The highest BCUT2D eigenvalue weighted by atomic mass is 79.9. The zero-order valence-corrected chi connectivity index (χ0v) is 11.1. The second-order valence-electron chi connectivity index (χ2n) is 3.54. The van der Waals surface area contributed by atoms with E-state index in [1.165, 1.54) is 18.3 Å². The Bertz CT molecular complexity index is 614. The predicted molar refractivity (Wildman–Crippen MR) is 70.9 cm³/mol. The molecule has 0 spiro atoms. The van der Waals surface area contributed by atoms with Gasteiger partial charge in [-0.15, -0.1) is 0 Å². The van der Waals surface area contributed by atoms with Gasteiger partial charge in [-0.25, -0.2) is 9.37 Å². The first kappa shape index (κ1) is 13.3. The lowest BCUT2D eigenvalue weighted by Crippen LogP contribution is -2.15. The maximum Gasteiger partial charge on any atom is 0.192 e. The van der Waals surface area contributed by atoms with E-state index in [9.17, 15) is 4.39 Å². The summed E-state index contributed by atoms with van der Waals surface area (Å²) in [5, 5.41) is 11.5. The van der Waals surface area contributed by atoms with Crippen molar-refractivity contribution in [2.24, 2.45) is 10.9 Å². The minimum absolute atomic E-state index is 0.172. The molecule has 0 fully saturated rings. The molecule has 2 rings (SSSR count). The molecule has 0 saturated heterocycles. The van der Waals surface area contributed by atoms with Gasteiger partial charge in [0.25, 0.3) is 0 Å². The number of nitrogens with zero attached hydrogens (tertiary/aromatic N) is 2. The molecule has 2 aromatic rings. The summed E-state index contributed by atoms with van der Waals surface area (Å²) in [7, 11) is 0. The third-order valence-corrected chi connectivity index (χ3v) is 2.64. The molecule has 0 amide bonds. The highest BCUT2D eigenvalue weighted by molar-refractivity contribution is 9.10. The fourth-order valence-corrected chi connectivity index (χ4v) is 1.87. The standard InChI is InChI=1S/C12H9BrFN3O2/c13-7-4-8(14)6-9(5-7)19-10-2-1-3-16-11(10)12(15)17-18/h1-6,18H,(H2,15,17). The molecule has 0 saturated carbocycles. The van der Waals surface area contributed by atoms with Crippen molar-refractivity contribution in [2.75, 3.05) is 0 Å². The summed E-state index contributed by atoms with van der Waals surface area (Å²) in [6.07, 6.45) is 1.47. The van der Waals surface area contributed by atoms with Crippen molar-refractivity contribution in [2.45, 2.75) is 0 Å². The Kier molecular flexibility index (Phi) is 3.96. The third-order valence-electron chi connectivity index (χ3n) is 2.18. The van der Waals surface area contributed by atoms with Crippen molar-refractivity contribution in [3.05, 3.63) is 52.5 Å². The van der Waals surface area contributed by atoms with Crippen molar-refractivity contribution < 1.29 is 14.3 Å². The SMILES string of the molecule is N/C(=N/O)c1ncccc1Oc1cc(F)cc(Br)c1. The van der Waals surface area contributed by atoms with Gasteiger partial charge in [-0.2, -0.15) is 0 Å². The second-order valence-corrected chi connectivity index (χ2v) is 4.46. The number of hydrogen-bond acceptors (Lipinski definition) is 4. The molecule has 19 heavy (non-hydrogen) atoms. The average Bonchev–Trinajstić information content (AvgIpc) is 2.37. The zero-order valence-electron chi connectivity index (χ0n) is 9.55. The van der Waals surface area contributed by atoms with Crippen molar-refractivity contribution in [1.82, 2.24) is 4.98 Å². The van der Waals surface area contributed by atoms with E-state index in [1.807, 2.05) is 0 Å². The molecule has 0 unspecified atom stereocenters. The smallest absolute Gasteiger partial charge is 0.192 e.